The normalized spacial score (nSPS) is 11.7. The Balaban J connectivity index is 2.14. The van der Waals surface area contributed by atoms with E-state index in [0.29, 0.717) is 0 Å². The van der Waals surface area contributed by atoms with Crippen molar-refractivity contribution in [2.45, 2.75) is 0 Å². The summed E-state index contributed by atoms with van der Waals surface area (Å²) < 4.78 is 0. The van der Waals surface area contributed by atoms with Crippen LogP contribution in [-0.4, -0.2) is 15.0 Å². The summed E-state index contributed by atoms with van der Waals surface area (Å²) in [4.78, 5) is 34.8. The Bertz CT molecular complexity index is 1290. The maximum absolute atomic E-state index is 12.4. The van der Waals surface area contributed by atoms with Gasteiger partial charge in [0, 0.05) is 32.6 Å². The molecule has 0 radical (unpaired) electrons. The number of pyridine rings is 3. The molecule has 0 aliphatic rings. The Morgan fingerprint density at radius 1 is 0.625 bits per heavy atom. The summed E-state index contributed by atoms with van der Waals surface area (Å²) in [5.41, 5.74) is 1.48. The Hall–Kier alpha value is -3.47. The Labute approximate surface area is 134 Å². The molecule has 5 rings (SSSR count). The van der Waals surface area contributed by atoms with Crippen LogP contribution in [0.4, 0.5) is 0 Å². The van der Waals surface area contributed by atoms with Crippen LogP contribution in [0.1, 0.15) is 0 Å². The molecule has 0 saturated heterocycles. The van der Waals surface area contributed by atoms with Gasteiger partial charge in [-0.2, -0.15) is 0 Å². The molecular formula is C19H11N3O2. The first-order chi connectivity index (χ1) is 11.7. The van der Waals surface area contributed by atoms with Crippen LogP contribution in [0.25, 0.3) is 43.6 Å². The van der Waals surface area contributed by atoms with E-state index >= 15 is 0 Å². The van der Waals surface area contributed by atoms with E-state index in [0.717, 1.165) is 32.6 Å². The molecule has 3 heterocycles. The summed E-state index contributed by atoms with van der Waals surface area (Å²) in [6, 6.07) is 17.1. The Morgan fingerprint density at radius 2 is 1.08 bits per heavy atom. The average molecular weight is 313 g/mol. The van der Waals surface area contributed by atoms with Gasteiger partial charge in [0.15, 0.2) is 0 Å². The van der Waals surface area contributed by atoms with E-state index in [1.807, 2.05) is 54.6 Å². The fourth-order valence-corrected chi connectivity index (χ4v) is 3.29. The monoisotopic (exact) mass is 313 g/mol. The molecule has 0 saturated carbocycles. The lowest BCUT2D eigenvalue weighted by molar-refractivity contribution is 1.28. The van der Waals surface area contributed by atoms with E-state index in [4.69, 9.17) is 0 Å². The molecule has 0 atom stereocenters. The highest BCUT2D eigenvalue weighted by atomic mass is 16.1. The van der Waals surface area contributed by atoms with Crippen molar-refractivity contribution < 1.29 is 0 Å². The second kappa shape index (κ2) is 4.52. The van der Waals surface area contributed by atoms with Crippen LogP contribution in [0.2, 0.25) is 0 Å². The van der Waals surface area contributed by atoms with E-state index in [1.165, 1.54) is 0 Å². The molecule has 0 bridgehead atoms. The summed E-state index contributed by atoms with van der Waals surface area (Å²) in [5, 5.41) is 3.31. The molecule has 0 aliphatic heterocycles. The summed E-state index contributed by atoms with van der Waals surface area (Å²) in [6.07, 6.45) is 0. The molecule has 0 spiro atoms. The zero-order valence-corrected chi connectivity index (χ0v) is 12.5. The van der Waals surface area contributed by atoms with Gasteiger partial charge in [0.1, 0.15) is 11.0 Å². The van der Waals surface area contributed by atoms with Gasteiger partial charge in [-0.1, -0.05) is 36.4 Å². The topological polar surface area (TPSA) is 78.6 Å². The van der Waals surface area contributed by atoms with Crippen molar-refractivity contribution in [1.29, 1.82) is 0 Å². The van der Waals surface area contributed by atoms with Crippen LogP contribution in [0.3, 0.4) is 0 Å². The van der Waals surface area contributed by atoms with Gasteiger partial charge in [0.05, 0.1) is 0 Å². The molecule has 0 aliphatic carbocycles. The Morgan fingerprint density at radius 3 is 1.58 bits per heavy atom. The highest BCUT2D eigenvalue weighted by Crippen LogP contribution is 2.26. The molecule has 24 heavy (non-hydrogen) atoms. The molecular weight excluding hydrogens is 302 g/mol. The molecule has 3 aromatic heterocycles. The molecule has 2 N–H and O–H groups in total. The number of nitrogens with zero attached hydrogens (tertiary/aromatic N) is 1. The maximum atomic E-state index is 12.4. The number of nitrogens with one attached hydrogen (secondary N) is 2. The van der Waals surface area contributed by atoms with E-state index in [-0.39, 0.29) is 22.2 Å². The van der Waals surface area contributed by atoms with Crippen molar-refractivity contribution in [1.82, 2.24) is 15.0 Å². The number of rotatable bonds is 0. The molecule has 2 aromatic carbocycles. The van der Waals surface area contributed by atoms with Gasteiger partial charge in [-0.05, 0) is 18.2 Å². The Kier molecular flexibility index (Phi) is 2.45. The fourth-order valence-electron chi connectivity index (χ4n) is 3.29. The van der Waals surface area contributed by atoms with Crippen molar-refractivity contribution in [2.24, 2.45) is 0 Å². The van der Waals surface area contributed by atoms with Crippen LogP contribution in [0, 0.1) is 0 Å². The summed E-state index contributed by atoms with van der Waals surface area (Å²) >= 11 is 0. The second-order valence-electron chi connectivity index (χ2n) is 5.78. The largest absolute Gasteiger partial charge is 0.320 e. The minimum atomic E-state index is -0.293. The minimum Gasteiger partial charge on any atom is -0.320 e. The smallest absolute Gasteiger partial charge is 0.274 e. The third-order valence-corrected chi connectivity index (χ3v) is 4.38. The number of aromatic nitrogens is 3. The van der Waals surface area contributed by atoms with Crippen LogP contribution in [-0.2, 0) is 0 Å². The highest BCUT2D eigenvalue weighted by Gasteiger charge is 2.12. The molecule has 5 heteroatoms. The summed E-state index contributed by atoms with van der Waals surface area (Å²) in [6.45, 7) is 0. The van der Waals surface area contributed by atoms with Crippen molar-refractivity contribution in [3.05, 3.63) is 75.3 Å². The lowest BCUT2D eigenvalue weighted by Crippen LogP contribution is -2.13. The van der Waals surface area contributed by atoms with Gasteiger partial charge in [0.2, 0.25) is 0 Å². The minimum absolute atomic E-state index is 0.280. The summed E-state index contributed by atoms with van der Waals surface area (Å²) in [5.74, 6) is 0. The van der Waals surface area contributed by atoms with Gasteiger partial charge in [-0.25, -0.2) is 4.98 Å². The lowest BCUT2D eigenvalue weighted by atomic mass is 10.0. The average Bonchev–Trinajstić information content (AvgIpc) is 2.61. The first-order valence-electron chi connectivity index (χ1n) is 7.59. The van der Waals surface area contributed by atoms with E-state index < -0.39 is 0 Å². The molecule has 5 nitrogen and oxygen atoms in total. The predicted molar refractivity (Wildman–Crippen MR) is 95.5 cm³/mol. The van der Waals surface area contributed by atoms with Gasteiger partial charge >= 0.3 is 0 Å². The number of benzene rings is 2. The standard InChI is InChI=1S/C19H11N3O2/c23-18-16-12(10-5-1-3-7-14(10)20-18)9-13-11-6-2-4-8-15(11)21-19(24)17(13)22-16/h1-9H,(H,20,23)(H,21,24). The predicted octanol–water partition coefficient (Wildman–Crippen LogP) is 3.07. The first-order valence-corrected chi connectivity index (χ1v) is 7.59. The third kappa shape index (κ3) is 1.66. The summed E-state index contributed by atoms with van der Waals surface area (Å²) in [7, 11) is 0. The number of fused-ring (bicyclic) bond motifs is 6. The van der Waals surface area contributed by atoms with Crippen LogP contribution in [0.15, 0.2) is 64.2 Å². The van der Waals surface area contributed by atoms with Crippen LogP contribution >= 0.6 is 0 Å². The van der Waals surface area contributed by atoms with Crippen molar-refractivity contribution in [2.75, 3.05) is 0 Å². The van der Waals surface area contributed by atoms with Crippen molar-refractivity contribution in [3.63, 3.8) is 0 Å². The van der Waals surface area contributed by atoms with E-state index in [9.17, 15) is 9.59 Å². The molecule has 5 aromatic rings. The maximum Gasteiger partial charge on any atom is 0.274 e. The molecule has 0 unspecified atom stereocenters. The highest BCUT2D eigenvalue weighted by molar-refractivity contribution is 6.13. The van der Waals surface area contributed by atoms with E-state index in [1.54, 1.807) is 0 Å². The van der Waals surface area contributed by atoms with Gasteiger partial charge in [-0.15, -0.1) is 0 Å². The number of H-pyrrole nitrogens is 2. The first kappa shape index (κ1) is 13.0. The number of hydrogen-bond acceptors (Lipinski definition) is 3. The zero-order chi connectivity index (χ0) is 16.3. The number of para-hydroxylation sites is 2. The van der Waals surface area contributed by atoms with Crippen LogP contribution in [0.5, 0.6) is 0 Å². The van der Waals surface area contributed by atoms with Gasteiger partial charge < -0.3 is 9.97 Å². The molecule has 0 fully saturated rings. The van der Waals surface area contributed by atoms with Crippen molar-refractivity contribution in [3.8, 4) is 0 Å². The van der Waals surface area contributed by atoms with Crippen LogP contribution < -0.4 is 11.1 Å². The quantitative estimate of drug-likeness (QED) is 0.341. The van der Waals surface area contributed by atoms with Gasteiger partial charge in [0.25, 0.3) is 11.1 Å². The number of aromatic amines is 2. The SMILES string of the molecule is O=c1[nH]c2ccccc2c2cc3c(nc12)c(=O)[nH]c1ccccc13. The lowest BCUT2D eigenvalue weighted by Gasteiger charge is -2.07. The second-order valence-corrected chi connectivity index (χ2v) is 5.78. The zero-order valence-electron chi connectivity index (χ0n) is 12.5. The molecule has 114 valence electrons. The third-order valence-electron chi connectivity index (χ3n) is 4.38. The molecule has 0 amide bonds. The fraction of sp³-hybridized carbons (Fsp3) is 0. The van der Waals surface area contributed by atoms with E-state index in [2.05, 4.69) is 15.0 Å². The number of hydrogen-bond donors (Lipinski definition) is 2. The van der Waals surface area contributed by atoms with Crippen molar-refractivity contribution >= 4 is 43.6 Å². The van der Waals surface area contributed by atoms with Gasteiger partial charge in [-0.3, -0.25) is 9.59 Å².